The van der Waals surface area contributed by atoms with Gasteiger partial charge in [-0.3, -0.25) is 4.79 Å². The van der Waals surface area contributed by atoms with Crippen molar-refractivity contribution in [2.75, 3.05) is 13.2 Å². The van der Waals surface area contributed by atoms with Gasteiger partial charge in [0, 0.05) is 17.6 Å². The zero-order chi connectivity index (χ0) is 15.2. The molecule has 3 aliphatic heterocycles. The minimum atomic E-state index is -1.26. The Morgan fingerprint density at radius 1 is 1.32 bits per heavy atom. The number of carbonyl (C=O) groups is 1. The Kier molecular flexibility index (Phi) is 3.24. The molecule has 1 aromatic carbocycles. The molecule has 2 atom stereocenters. The Labute approximate surface area is 134 Å². The van der Waals surface area contributed by atoms with E-state index in [0.717, 1.165) is 24.9 Å². The molecule has 0 radical (unpaired) electrons. The summed E-state index contributed by atoms with van der Waals surface area (Å²) >= 11 is 5.88. The van der Waals surface area contributed by atoms with E-state index < -0.39 is 5.79 Å². The maximum atomic E-state index is 12.7. The van der Waals surface area contributed by atoms with Crippen molar-refractivity contribution < 1.29 is 14.3 Å². The maximum absolute atomic E-state index is 12.7. The fourth-order valence-electron chi connectivity index (χ4n) is 3.19. The van der Waals surface area contributed by atoms with E-state index in [1.807, 2.05) is 35.2 Å². The van der Waals surface area contributed by atoms with Gasteiger partial charge in [-0.1, -0.05) is 23.7 Å². The second-order valence-electron chi connectivity index (χ2n) is 5.81. The molecule has 0 saturated carbocycles. The van der Waals surface area contributed by atoms with Crippen LogP contribution in [0.4, 0.5) is 0 Å². The van der Waals surface area contributed by atoms with Crippen molar-refractivity contribution in [3.63, 3.8) is 0 Å². The van der Waals surface area contributed by atoms with Gasteiger partial charge in [0.05, 0.1) is 12.6 Å². The monoisotopic (exact) mass is 317 g/mol. The summed E-state index contributed by atoms with van der Waals surface area (Å²) < 4.78 is 11.6. The highest BCUT2D eigenvalue weighted by atomic mass is 35.5. The van der Waals surface area contributed by atoms with Gasteiger partial charge in [-0.2, -0.15) is 0 Å². The van der Waals surface area contributed by atoms with Crippen molar-refractivity contribution >= 4 is 23.6 Å². The summed E-state index contributed by atoms with van der Waals surface area (Å²) in [6.07, 6.45) is 7.43. The summed E-state index contributed by atoms with van der Waals surface area (Å²) in [4.78, 5) is 14.5. The first-order valence-corrected chi connectivity index (χ1v) is 7.85. The van der Waals surface area contributed by atoms with E-state index in [1.165, 1.54) is 0 Å². The number of hydrogen-bond donors (Lipinski definition) is 0. The molecule has 0 aromatic heterocycles. The number of halogens is 1. The van der Waals surface area contributed by atoms with Gasteiger partial charge in [-0.05, 0) is 42.7 Å². The highest BCUT2D eigenvalue weighted by Gasteiger charge is 2.52. The Hall–Kier alpha value is -1.78. The van der Waals surface area contributed by atoms with E-state index in [2.05, 4.69) is 0 Å². The van der Waals surface area contributed by atoms with Crippen LogP contribution in [0.3, 0.4) is 0 Å². The van der Waals surface area contributed by atoms with Crippen molar-refractivity contribution in [1.82, 2.24) is 4.90 Å². The second kappa shape index (κ2) is 5.14. The molecule has 4 rings (SSSR count). The molecule has 2 saturated heterocycles. The number of morpholine rings is 1. The van der Waals surface area contributed by atoms with Gasteiger partial charge in [0.1, 0.15) is 5.76 Å². The number of ether oxygens (including phenoxy) is 2. The van der Waals surface area contributed by atoms with Crippen molar-refractivity contribution in [2.45, 2.75) is 24.7 Å². The second-order valence-corrected chi connectivity index (χ2v) is 6.24. The van der Waals surface area contributed by atoms with E-state index in [1.54, 1.807) is 12.2 Å². The summed E-state index contributed by atoms with van der Waals surface area (Å²) in [6, 6.07) is 7.65. The van der Waals surface area contributed by atoms with Crippen LogP contribution >= 0.6 is 11.6 Å². The zero-order valence-electron chi connectivity index (χ0n) is 12.0. The molecule has 2 fully saturated rings. The summed E-state index contributed by atoms with van der Waals surface area (Å²) in [5, 5.41) is 0.687. The highest BCUT2D eigenvalue weighted by molar-refractivity contribution is 6.30. The number of amides is 1. The van der Waals surface area contributed by atoms with Crippen LogP contribution in [0, 0.1) is 0 Å². The molecule has 4 nitrogen and oxygen atoms in total. The minimum Gasteiger partial charge on any atom is -0.450 e. The average Bonchev–Trinajstić information content (AvgIpc) is 3.14. The minimum absolute atomic E-state index is 0.0861. The smallest absolute Gasteiger partial charge is 0.311 e. The summed E-state index contributed by atoms with van der Waals surface area (Å²) in [5.41, 5.74) is 0.961. The van der Waals surface area contributed by atoms with Gasteiger partial charge in [-0.15, -0.1) is 0 Å². The standard InChI is InChI=1S/C17H16ClNO3/c18-13-5-3-12(4-6-13)10-15-7-8-17(22-15)16(20)19-9-1-2-14(19)11-21-17/h3-8,10,14H,1-2,9,11H2/b15-10-/t14-,17+/m0/s1. The molecule has 22 heavy (non-hydrogen) atoms. The first-order valence-electron chi connectivity index (χ1n) is 7.47. The number of nitrogens with zero attached hydrogens (tertiary/aromatic N) is 1. The molecule has 1 spiro atoms. The molecular formula is C17H16ClNO3. The molecule has 1 amide bonds. The number of carbonyl (C=O) groups excluding carboxylic acids is 1. The maximum Gasteiger partial charge on any atom is 0.311 e. The Bertz CT molecular complexity index is 667. The predicted molar refractivity (Wildman–Crippen MR) is 83.1 cm³/mol. The van der Waals surface area contributed by atoms with Crippen LogP contribution < -0.4 is 0 Å². The third-order valence-corrected chi connectivity index (χ3v) is 4.59. The number of fused-ring (bicyclic) bond motifs is 1. The number of hydrogen-bond acceptors (Lipinski definition) is 3. The Balaban J connectivity index is 1.56. The molecule has 5 heteroatoms. The van der Waals surface area contributed by atoms with Crippen LogP contribution in [-0.4, -0.2) is 35.8 Å². The first kappa shape index (κ1) is 13.9. The van der Waals surface area contributed by atoms with E-state index in [4.69, 9.17) is 21.1 Å². The molecule has 3 aliphatic rings. The zero-order valence-corrected chi connectivity index (χ0v) is 12.8. The van der Waals surface area contributed by atoms with E-state index in [9.17, 15) is 4.79 Å². The lowest BCUT2D eigenvalue weighted by molar-refractivity contribution is -0.219. The van der Waals surface area contributed by atoms with Crippen molar-refractivity contribution in [3.05, 3.63) is 52.8 Å². The van der Waals surface area contributed by atoms with Crippen LogP contribution in [0.25, 0.3) is 6.08 Å². The van der Waals surface area contributed by atoms with E-state index >= 15 is 0 Å². The van der Waals surface area contributed by atoms with Crippen LogP contribution in [0.2, 0.25) is 5.02 Å². The molecule has 0 unspecified atom stereocenters. The largest absolute Gasteiger partial charge is 0.450 e. The van der Waals surface area contributed by atoms with Gasteiger partial charge in [0.15, 0.2) is 0 Å². The third-order valence-electron chi connectivity index (χ3n) is 4.34. The fraction of sp³-hybridized carbons (Fsp3) is 0.353. The molecule has 1 aromatic rings. The number of benzene rings is 1. The molecular weight excluding hydrogens is 302 g/mol. The van der Waals surface area contributed by atoms with Crippen LogP contribution in [0.5, 0.6) is 0 Å². The Morgan fingerprint density at radius 3 is 2.95 bits per heavy atom. The predicted octanol–water partition coefficient (Wildman–Crippen LogP) is 2.98. The third kappa shape index (κ3) is 2.23. The fourth-order valence-corrected chi connectivity index (χ4v) is 3.31. The van der Waals surface area contributed by atoms with Crippen molar-refractivity contribution in [1.29, 1.82) is 0 Å². The summed E-state index contributed by atoms with van der Waals surface area (Å²) in [7, 11) is 0. The quantitative estimate of drug-likeness (QED) is 0.799. The van der Waals surface area contributed by atoms with Crippen LogP contribution in [-0.2, 0) is 14.3 Å². The van der Waals surface area contributed by atoms with Crippen molar-refractivity contribution in [3.8, 4) is 0 Å². The lowest BCUT2D eigenvalue weighted by Crippen LogP contribution is -2.58. The van der Waals surface area contributed by atoms with Gasteiger partial charge >= 0.3 is 5.79 Å². The molecule has 0 bridgehead atoms. The molecule has 3 heterocycles. The molecule has 0 N–H and O–H groups in total. The molecule has 114 valence electrons. The number of rotatable bonds is 1. The van der Waals surface area contributed by atoms with Crippen LogP contribution in [0.15, 0.2) is 42.2 Å². The van der Waals surface area contributed by atoms with Crippen molar-refractivity contribution in [2.24, 2.45) is 0 Å². The van der Waals surface area contributed by atoms with E-state index in [-0.39, 0.29) is 11.9 Å². The lowest BCUT2D eigenvalue weighted by atomic mass is 10.1. The van der Waals surface area contributed by atoms with E-state index in [0.29, 0.717) is 17.4 Å². The highest BCUT2D eigenvalue weighted by Crippen LogP contribution is 2.37. The molecule has 0 aliphatic carbocycles. The first-order chi connectivity index (χ1) is 10.7. The van der Waals surface area contributed by atoms with Gasteiger partial charge < -0.3 is 14.4 Å². The topological polar surface area (TPSA) is 38.8 Å². The summed E-state index contributed by atoms with van der Waals surface area (Å²) in [5.74, 6) is -0.732. The van der Waals surface area contributed by atoms with Gasteiger partial charge in [-0.25, -0.2) is 0 Å². The van der Waals surface area contributed by atoms with Gasteiger partial charge in [0.25, 0.3) is 5.91 Å². The van der Waals surface area contributed by atoms with Gasteiger partial charge in [0.2, 0.25) is 0 Å². The van der Waals surface area contributed by atoms with Crippen LogP contribution in [0.1, 0.15) is 18.4 Å². The number of allylic oxidation sites excluding steroid dienone is 1. The summed E-state index contributed by atoms with van der Waals surface area (Å²) in [6.45, 7) is 1.33. The SMILES string of the molecule is O=C1N2CCC[C@H]2CO[C@@]12C=C/C(=C/c1ccc(Cl)cc1)O2. The normalized spacial score (nSPS) is 31.9. The Morgan fingerprint density at radius 2 is 2.14 bits per heavy atom. The average molecular weight is 318 g/mol. The lowest BCUT2D eigenvalue weighted by Gasteiger charge is -2.39.